The maximum atomic E-state index is 13.5. The second kappa shape index (κ2) is 10.6. The molecule has 1 atom stereocenters. The van der Waals surface area contributed by atoms with E-state index in [1.54, 1.807) is 0 Å². The average molecular weight is 521 g/mol. The second-order valence-electron chi connectivity index (χ2n) is 9.74. The van der Waals surface area contributed by atoms with Crippen molar-refractivity contribution in [2.45, 2.75) is 32.2 Å². The SMILES string of the molecule is CC(NC(=O)COC(=O)c1c2c(nc3ccccc13)/C(=C\c1ccc3c(c1)OCO3)CCC2)c1ccccc1. The van der Waals surface area contributed by atoms with Crippen molar-refractivity contribution in [1.82, 2.24) is 10.3 Å². The van der Waals surface area contributed by atoms with Gasteiger partial charge in [0, 0.05) is 5.39 Å². The number of hydrogen-bond acceptors (Lipinski definition) is 6. The Morgan fingerprint density at radius 1 is 1.00 bits per heavy atom. The highest BCUT2D eigenvalue weighted by Crippen LogP contribution is 2.38. The van der Waals surface area contributed by atoms with E-state index in [1.807, 2.05) is 79.7 Å². The van der Waals surface area contributed by atoms with Crippen molar-refractivity contribution in [3.8, 4) is 11.5 Å². The van der Waals surface area contributed by atoms with Crippen LogP contribution in [0, 0.1) is 0 Å². The Labute approximate surface area is 226 Å². The van der Waals surface area contributed by atoms with Crippen LogP contribution in [-0.2, 0) is 16.0 Å². The molecule has 39 heavy (non-hydrogen) atoms. The molecule has 0 radical (unpaired) electrons. The van der Waals surface area contributed by atoms with Gasteiger partial charge in [0.25, 0.3) is 5.91 Å². The van der Waals surface area contributed by atoms with Crippen LogP contribution < -0.4 is 14.8 Å². The quantitative estimate of drug-likeness (QED) is 0.320. The molecule has 1 unspecified atom stereocenters. The third-order valence-electron chi connectivity index (χ3n) is 7.12. The van der Waals surface area contributed by atoms with E-state index in [-0.39, 0.29) is 25.3 Å². The molecule has 0 saturated heterocycles. The van der Waals surface area contributed by atoms with E-state index in [4.69, 9.17) is 19.2 Å². The molecule has 2 heterocycles. The molecule has 1 N–H and O–H groups in total. The van der Waals surface area contributed by atoms with E-state index in [2.05, 4.69) is 11.4 Å². The molecular formula is C32H28N2O5. The van der Waals surface area contributed by atoms with Crippen LogP contribution in [-0.4, -0.2) is 30.3 Å². The minimum absolute atomic E-state index is 0.198. The summed E-state index contributed by atoms with van der Waals surface area (Å²) >= 11 is 0. The highest BCUT2D eigenvalue weighted by atomic mass is 16.7. The number of fused-ring (bicyclic) bond motifs is 3. The third kappa shape index (κ3) is 5.08. The van der Waals surface area contributed by atoms with E-state index in [0.717, 1.165) is 57.7 Å². The van der Waals surface area contributed by atoms with Gasteiger partial charge in [0.05, 0.1) is 22.8 Å². The fraction of sp³-hybridized carbons (Fsp3) is 0.219. The molecule has 7 nitrogen and oxygen atoms in total. The summed E-state index contributed by atoms with van der Waals surface area (Å²) in [4.78, 5) is 31.1. The maximum absolute atomic E-state index is 13.5. The van der Waals surface area contributed by atoms with E-state index >= 15 is 0 Å². The molecule has 4 aromatic rings. The van der Waals surface area contributed by atoms with Crippen LogP contribution in [0.3, 0.4) is 0 Å². The first-order valence-corrected chi connectivity index (χ1v) is 13.1. The minimum Gasteiger partial charge on any atom is -0.454 e. The van der Waals surface area contributed by atoms with Crippen LogP contribution >= 0.6 is 0 Å². The topological polar surface area (TPSA) is 86.8 Å². The van der Waals surface area contributed by atoms with E-state index in [0.29, 0.717) is 17.5 Å². The molecule has 1 aliphatic carbocycles. The zero-order valence-corrected chi connectivity index (χ0v) is 21.6. The number of benzene rings is 3. The van der Waals surface area contributed by atoms with Crippen molar-refractivity contribution >= 4 is 34.4 Å². The molecule has 1 aliphatic heterocycles. The van der Waals surface area contributed by atoms with E-state index < -0.39 is 5.97 Å². The fourth-order valence-corrected chi connectivity index (χ4v) is 5.22. The van der Waals surface area contributed by atoms with Gasteiger partial charge >= 0.3 is 5.97 Å². The average Bonchev–Trinajstić information content (AvgIpc) is 3.43. The standard InChI is InChI=1S/C32H28N2O5/c1-20(22-8-3-2-4-9-22)33-29(35)18-37-32(36)30-24-11-5-6-13-26(24)34-31-23(10-7-12-25(30)31)16-21-14-15-27-28(17-21)39-19-38-27/h2-6,8-9,11,13-17,20H,7,10,12,18-19H2,1H3,(H,33,35)/b23-16-. The lowest BCUT2D eigenvalue weighted by Crippen LogP contribution is -2.31. The van der Waals surface area contributed by atoms with Gasteiger partial charge in [-0.3, -0.25) is 4.79 Å². The number of carbonyl (C=O) groups excluding carboxylic acids is 2. The highest BCUT2D eigenvalue weighted by Gasteiger charge is 2.27. The molecule has 7 heteroatoms. The lowest BCUT2D eigenvalue weighted by molar-refractivity contribution is -0.124. The summed E-state index contributed by atoms with van der Waals surface area (Å²) in [6.07, 6.45) is 4.50. The number of ether oxygens (including phenoxy) is 3. The summed E-state index contributed by atoms with van der Waals surface area (Å²) in [6, 6.07) is 22.9. The van der Waals surface area contributed by atoms with Gasteiger partial charge in [0.2, 0.25) is 6.79 Å². The number of nitrogens with zero attached hydrogens (tertiary/aromatic N) is 1. The number of nitrogens with one attached hydrogen (secondary N) is 1. The number of carbonyl (C=O) groups is 2. The molecule has 3 aromatic carbocycles. The highest BCUT2D eigenvalue weighted by molar-refractivity contribution is 6.07. The van der Waals surface area contributed by atoms with E-state index in [1.165, 1.54) is 0 Å². The van der Waals surface area contributed by atoms with Crippen LogP contribution in [0.4, 0.5) is 0 Å². The van der Waals surface area contributed by atoms with Crippen LogP contribution in [0.15, 0.2) is 72.8 Å². The molecule has 1 amide bonds. The molecule has 0 fully saturated rings. The molecule has 1 aromatic heterocycles. The number of hydrogen-bond donors (Lipinski definition) is 1. The van der Waals surface area contributed by atoms with Crippen molar-refractivity contribution in [2.24, 2.45) is 0 Å². The Balaban J connectivity index is 1.28. The molecule has 196 valence electrons. The van der Waals surface area contributed by atoms with Crippen molar-refractivity contribution in [3.63, 3.8) is 0 Å². The smallest absolute Gasteiger partial charge is 0.339 e. The molecular weight excluding hydrogens is 492 g/mol. The van der Waals surface area contributed by atoms with Crippen LogP contribution in [0.1, 0.15) is 58.5 Å². The van der Waals surface area contributed by atoms with Gasteiger partial charge in [-0.05, 0) is 72.7 Å². The van der Waals surface area contributed by atoms with Crippen LogP contribution in [0.5, 0.6) is 11.5 Å². The first-order chi connectivity index (χ1) is 19.1. The first-order valence-electron chi connectivity index (χ1n) is 13.1. The van der Waals surface area contributed by atoms with Gasteiger partial charge in [-0.25, -0.2) is 9.78 Å². The van der Waals surface area contributed by atoms with Gasteiger partial charge in [-0.15, -0.1) is 0 Å². The molecule has 0 bridgehead atoms. The number of allylic oxidation sites excluding steroid dienone is 1. The van der Waals surface area contributed by atoms with Crippen molar-refractivity contribution in [3.05, 3.63) is 101 Å². The third-order valence-corrected chi connectivity index (χ3v) is 7.12. The molecule has 0 saturated carbocycles. The number of rotatable bonds is 6. The van der Waals surface area contributed by atoms with E-state index in [9.17, 15) is 9.59 Å². The Bertz CT molecular complexity index is 1600. The first kappa shape index (κ1) is 24.7. The summed E-state index contributed by atoms with van der Waals surface area (Å²) in [6.45, 7) is 1.76. The monoisotopic (exact) mass is 520 g/mol. The van der Waals surface area contributed by atoms with Crippen molar-refractivity contribution in [2.75, 3.05) is 13.4 Å². The van der Waals surface area contributed by atoms with Gasteiger partial charge in [-0.2, -0.15) is 0 Å². The molecule has 6 rings (SSSR count). The summed E-state index contributed by atoms with van der Waals surface area (Å²) in [5.74, 6) is 0.584. The number of amides is 1. The number of para-hydroxylation sites is 1. The zero-order chi connectivity index (χ0) is 26.8. The Hall–Kier alpha value is -4.65. The van der Waals surface area contributed by atoms with Gasteiger partial charge < -0.3 is 19.5 Å². The Kier molecular flexibility index (Phi) is 6.71. The number of aromatic nitrogens is 1. The van der Waals surface area contributed by atoms with Gasteiger partial charge in [0.15, 0.2) is 18.1 Å². The Morgan fingerprint density at radius 2 is 1.79 bits per heavy atom. The predicted octanol–water partition coefficient (Wildman–Crippen LogP) is 5.87. The second-order valence-corrected chi connectivity index (χ2v) is 9.74. The summed E-state index contributed by atoms with van der Waals surface area (Å²) in [5, 5.41) is 3.62. The van der Waals surface area contributed by atoms with Gasteiger partial charge in [-0.1, -0.05) is 54.6 Å². The van der Waals surface area contributed by atoms with Crippen LogP contribution in [0.25, 0.3) is 22.6 Å². The normalized spacial score (nSPS) is 15.6. The number of esters is 1. The lowest BCUT2D eigenvalue weighted by Gasteiger charge is -2.22. The zero-order valence-electron chi connectivity index (χ0n) is 21.6. The molecule has 2 aliphatic rings. The lowest BCUT2D eigenvalue weighted by atomic mass is 9.86. The summed E-state index contributed by atoms with van der Waals surface area (Å²) in [7, 11) is 0. The Morgan fingerprint density at radius 3 is 2.67 bits per heavy atom. The summed E-state index contributed by atoms with van der Waals surface area (Å²) < 4.78 is 16.6. The fourth-order valence-electron chi connectivity index (χ4n) is 5.22. The van der Waals surface area contributed by atoms with Crippen molar-refractivity contribution < 1.29 is 23.8 Å². The minimum atomic E-state index is -0.517. The van der Waals surface area contributed by atoms with Crippen molar-refractivity contribution in [1.29, 1.82) is 0 Å². The van der Waals surface area contributed by atoms with Gasteiger partial charge in [0.1, 0.15) is 0 Å². The summed E-state index contributed by atoms with van der Waals surface area (Å²) in [5.41, 5.74) is 5.85. The van der Waals surface area contributed by atoms with Crippen LogP contribution in [0.2, 0.25) is 0 Å². The predicted molar refractivity (Wildman–Crippen MR) is 148 cm³/mol. The maximum Gasteiger partial charge on any atom is 0.339 e. The number of pyridine rings is 1. The largest absolute Gasteiger partial charge is 0.454 e. The molecule has 0 spiro atoms.